The molecule has 6 heteroatoms. The van der Waals surface area contributed by atoms with Crippen molar-refractivity contribution in [1.29, 1.82) is 0 Å². The molecule has 0 unspecified atom stereocenters. The van der Waals surface area contributed by atoms with Crippen LogP contribution in [0, 0.1) is 30.2 Å². The number of aryl methyl sites for hydroxylation is 1. The van der Waals surface area contributed by atoms with E-state index < -0.39 is 45.9 Å². The highest BCUT2D eigenvalue weighted by molar-refractivity contribution is 6.09. The van der Waals surface area contributed by atoms with Gasteiger partial charge in [0.1, 0.15) is 23.3 Å². The van der Waals surface area contributed by atoms with Gasteiger partial charge in [-0.2, -0.15) is 0 Å². The minimum absolute atomic E-state index is 0.0326. The summed E-state index contributed by atoms with van der Waals surface area (Å²) in [6.07, 6.45) is 0. The van der Waals surface area contributed by atoms with Crippen molar-refractivity contribution >= 4 is 11.5 Å². The van der Waals surface area contributed by atoms with Crippen molar-refractivity contribution < 1.29 is 22.4 Å². The highest BCUT2D eigenvalue weighted by Crippen LogP contribution is 2.22. The smallest absolute Gasteiger partial charge is 0.199 e. The number of carbonyl (C=O) groups is 1. The van der Waals surface area contributed by atoms with Crippen LogP contribution in [0.25, 0.3) is 0 Å². The van der Waals surface area contributed by atoms with Crippen molar-refractivity contribution in [2.45, 2.75) is 6.92 Å². The van der Waals surface area contributed by atoms with E-state index in [0.717, 1.165) is 12.1 Å². The van der Waals surface area contributed by atoms with Crippen molar-refractivity contribution in [2.24, 2.45) is 0 Å². The van der Waals surface area contributed by atoms with E-state index in [9.17, 15) is 22.4 Å². The molecule has 0 aromatic heterocycles. The lowest BCUT2D eigenvalue weighted by Crippen LogP contribution is -2.09. The Morgan fingerprint density at radius 1 is 0.850 bits per heavy atom. The van der Waals surface area contributed by atoms with Gasteiger partial charge >= 0.3 is 0 Å². The SMILES string of the molecule is Cc1cc(C(=O)c2cc(N)c(F)cc2F)c(F)cc1F. The fourth-order valence-corrected chi connectivity index (χ4v) is 1.72. The predicted octanol–water partition coefficient (Wildman–Crippen LogP) is 3.36. The zero-order valence-electron chi connectivity index (χ0n) is 10.3. The molecule has 0 heterocycles. The zero-order chi connectivity index (χ0) is 15.0. The van der Waals surface area contributed by atoms with Gasteiger partial charge in [0, 0.05) is 12.1 Å². The summed E-state index contributed by atoms with van der Waals surface area (Å²) in [6.45, 7) is 1.33. The monoisotopic (exact) mass is 283 g/mol. The summed E-state index contributed by atoms with van der Waals surface area (Å²) in [6, 6.07) is 2.72. The Labute approximate surface area is 111 Å². The van der Waals surface area contributed by atoms with Gasteiger partial charge in [-0.05, 0) is 24.6 Å². The van der Waals surface area contributed by atoms with Gasteiger partial charge in [-0.15, -0.1) is 0 Å². The molecule has 104 valence electrons. The first-order chi connectivity index (χ1) is 9.31. The van der Waals surface area contributed by atoms with Crippen molar-refractivity contribution in [3.05, 3.63) is 64.2 Å². The van der Waals surface area contributed by atoms with E-state index in [2.05, 4.69) is 0 Å². The molecule has 0 aliphatic carbocycles. The van der Waals surface area contributed by atoms with Gasteiger partial charge < -0.3 is 5.73 Å². The topological polar surface area (TPSA) is 43.1 Å². The maximum Gasteiger partial charge on any atom is 0.199 e. The fourth-order valence-electron chi connectivity index (χ4n) is 1.72. The highest BCUT2D eigenvalue weighted by Gasteiger charge is 2.21. The Kier molecular flexibility index (Phi) is 3.48. The van der Waals surface area contributed by atoms with Crippen LogP contribution in [-0.4, -0.2) is 5.78 Å². The Balaban J connectivity index is 2.57. The number of nitrogen functional groups attached to an aromatic ring is 1. The average molecular weight is 283 g/mol. The fraction of sp³-hybridized carbons (Fsp3) is 0.0714. The molecule has 0 atom stereocenters. The number of hydrogen-bond donors (Lipinski definition) is 1. The van der Waals surface area contributed by atoms with Gasteiger partial charge in [0.05, 0.1) is 16.8 Å². The lowest BCUT2D eigenvalue weighted by atomic mass is 9.99. The molecule has 2 nitrogen and oxygen atoms in total. The van der Waals surface area contributed by atoms with Gasteiger partial charge in [0.15, 0.2) is 5.78 Å². The first-order valence-electron chi connectivity index (χ1n) is 5.56. The molecule has 20 heavy (non-hydrogen) atoms. The van der Waals surface area contributed by atoms with Crippen LogP contribution in [0.2, 0.25) is 0 Å². The minimum atomic E-state index is -1.16. The number of nitrogens with two attached hydrogens (primary N) is 1. The average Bonchev–Trinajstić information content (AvgIpc) is 2.37. The van der Waals surface area contributed by atoms with E-state index in [0.29, 0.717) is 12.1 Å². The number of halogens is 4. The molecular formula is C14H9F4NO. The Hall–Kier alpha value is -2.37. The summed E-state index contributed by atoms with van der Waals surface area (Å²) in [5.41, 5.74) is 3.77. The number of hydrogen-bond acceptors (Lipinski definition) is 2. The molecule has 0 aliphatic heterocycles. The van der Waals surface area contributed by atoms with Crippen LogP contribution in [0.3, 0.4) is 0 Å². The normalized spacial score (nSPS) is 10.7. The minimum Gasteiger partial charge on any atom is -0.396 e. The summed E-state index contributed by atoms with van der Waals surface area (Å²) in [4.78, 5) is 12.0. The van der Waals surface area contributed by atoms with Crippen molar-refractivity contribution in [2.75, 3.05) is 5.73 Å². The largest absolute Gasteiger partial charge is 0.396 e. The van der Waals surface area contributed by atoms with Crippen LogP contribution in [0.5, 0.6) is 0 Å². The predicted molar refractivity (Wildman–Crippen MR) is 65.3 cm³/mol. The lowest BCUT2D eigenvalue weighted by molar-refractivity contribution is 0.103. The maximum absolute atomic E-state index is 13.6. The molecule has 0 radical (unpaired) electrons. The molecule has 0 amide bonds. The second kappa shape index (κ2) is 4.96. The summed E-state index contributed by atoms with van der Waals surface area (Å²) in [5, 5.41) is 0. The summed E-state index contributed by atoms with van der Waals surface area (Å²) in [5.74, 6) is -5.16. The molecule has 0 saturated carbocycles. The van der Waals surface area contributed by atoms with Crippen LogP contribution >= 0.6 is 0 Å². The number of benzene rings is 2. The quantitative estimate of drug-likeness (QED) is 0.521. The zero-order valence-corrected chi connectivity index (χ0v) is 10.3. The number of carbonyl (C=O) groups excluding carboxylic acids is 1. The Morgan fingerprint density at radius 2 is 1.35 bits per heavy atom. The van der Waals surface area contributed by atoms with E-state index in [1.807, 2.05) is 0 Å². The van der Waals surface area contributed by atoms with E-state index in [1.54, 1.807) is 0 Å². The lowest BCUT2D eigenvalue weighted by Gasteiger charge is -2.07. The molecule has 2 N–H and O–H groups in total. The first-order valence-corrected chi connectivity index (χ1v) is 5.56. The molecule has 0 spiro atoms. The molecule has 0 bridgehead atoms. The Morgan fingerprint density at radius 3 is 1.95 bits per heavy atom. The van der Waals surface area contributed by atoms with Crippen LogP contribution in [0.1, 0.15) is 21.5 Å². The van der Waals surface area contributed by atoms with E-state index in [-0.39, 0.29) is 5.56 Å². The van der Waals surface area contributed by atoms with E-state index in [1.165, 1.54) is 6.92 Å². The maximum atomic E-state index is 13.6. The second-order valence-corrected chi connectivity index (χ2v) is 4.26. The van der Waals surface area contributed by atoms with Gasteiger partial charge in [-0.3, -0.25) is 4.79 Å². The highest BCUT2D eigenvalue weighted by atomic mass is 19.1. The van der Waals surface area contributed by atoms with E-state index >= 15 is 0 Å². The molecule has 2 rings (SSSR count). The molecular weight excluding hydrogens is 274 g/mol. The third-order valence-corrected chi connectivity index (χ3v) is 2.82. The van der Waals surface area contributed by atoms with Crippen molar-refractivity contribution in [3.8, 4) is 0 Å². The van der Waals surface area contributed by atoms with Crippen molar-refractivity contribution in [3.63, 3.8) is 0 Å². The third-order valence-electron chi connectivity index (χ3n) is 2.82. The molecule has 0 fully saturated rings. The van der Waals surface area contributed by atoms with Gasteiger partial charge in [0.2, 0.25) is 0 Å². The molecule has 0 saturated heterocycles. The second-order valence-electron chi connectivity index (χ2n) is 4.26. The van der Waals surface area contributed by atoms with Crippen LogP contribution in [-0.2, 0) is 0 Å². The van der Waals surface area contributed by atoms with Gasteiger partial charge in [-0.25, -0.2) is 17.6 Å². The molecule has 2 aromatic rings. The molecule has 2 aromatic carbocycles. The number of ketones is 1. The number of rotatable bonds is 2. The Bertz CT molecular complexity index is 653. The van der Waals surface area contributed by atoms with Gasteiger partial charge in [-0.1, -0.05) is 0 Å². The van der Waals surface area contributed by atoms with Crippen LogP contribution in [0.4, 0.5) is 23.2 Å². The summed E-state index contributed by atoms with van der Waals surface area (Å²) < 4.78 is 53.3. The summed E-state index contributed by atoms with van der Waals surface area (Å²) in [7, 11) is 0. The van der Waals surface area contributed by atoms with Gasteiger partial charge in [0.25, 0.3) is 0 Å². The third kappa shape index (κ3) is 2.36. The van der Waals surface area contributed by atoms with Crippen molar-refractivity contribution in [1.82, 2.24) is 0 Å². The first kappa shape index (κ1) is 14.0. The van der Waals surface area contributed by atoms with Crippen LogP contribution < -0.4 is 5.73 Å². The molecule has 0 aliphatic rings. The standard InChI is InChI=1S/C14H9F4NO/c1-6-2-7(10(16)4-9(6)15)14(20)8-3-13(19)12(18)5-11(8)17/h2-5H,19H2,1H3. The number of anilines is 1. The van der Waals surface area contributed by atoms with E-state index in [4.69, 9.17) is 5.73 Å². The summed E-state index contributed by atoms with van der Waals surface area (Å²) >= 11 is 0. The van der Waals surface area contributed by atoms with Crippen LogP contribution in [0.15, 0.2) is 24.3 Å².